The minimum Gasteiger partial charge on any atom is -0.487 e. The molecular weight excluding hydrogens is 404 g/mol. The summed E-state index contributed by atoms with van der Waals surface area (Å²) in [6.07, 6.45) is 3.41. The highest BCUT2D eigenvalue weighted by Crippen LogP contribution is 2.26. The van der Waals surface area contributed by atoms with E-state index in [1.807, 2.05) is 18.2 Å². The van der Waals surface area contributed by atoms with Crippen molar-refractivity contribution in [2.45, 2.75) is 13.5 Å². The molecule has 1 N–H and O–H groups in total. The number of anilines is 1. The number of aromatic nitrogens is 3. The normalized spacial score (nSPS) is 10.9. The van der Waals surface area contributed by atoms with Gasteiger partial charge in [0.25, 0.3) is 0 Å². The van der Waals surface area contributed by atoms with Crippen molar-refractivity contribution >= 4 is 28.8 Å². The second-order valence-electron chi connectivity index (χ2n) is 6.87. The Morgan fingerprint density at radius 1 is 1.17 bits per heavy atom. The van der Waals surface area contributed by atoms with Gasteiger partial charge in [0, 0.05) is 42.6 Å². The summed E-state index contributed by atoms with van der Waals surface area (Å²) in [7, 11) is 1.69. The maximum atomic E-state index is 12.6. The SMILES string of the molecule is CC(=O)Nc1cccc(-c2cn(C)c(=O)n3cc(COc4ccc(Cl)cc4)nc23)c1. The van der Waals surface area contributed by atoms with E-state index in [0.29, 0.717) is 27.8 Å². The van der Waals surface area contributed by atoms with Gasteiger partial charge in [0.2, 0.25) is 5.91 Å². The van der Waals surface area contributed by atoms with E-state index in [9.17, 15) is 9.59 Å². The topological polar surface area (TPSA) is 77.6 Å². The molecule has 2 aromatic carbocycles. The molecule has 7 nitrogen and oxygen atoms in total. The number of benzene rings is 2. The predicted molar refractivity (Wildman–Crippen MR) is 116 cm³/mol. The van der Waals surface area contributed by atoms with Gasteiger partial charge in [-0.3, -0.25) is 9.20 Å². The number of carbonyl (C=O) groups excluding carboxylic acids is 1. The second-order valence-corrected chi connectivity index (χ2v) is 7.30. The zero-order valence-electron chi connectivity index (χ0n) is 16.4. The number of nitrogens with zero attached hydrogens (tertiary/aromatic N) is 3. The first-order valence-electron chi connectivity index (χ1n) is 9.25. The molecule has 0 aliphatic rings. The lowest BCUT2D eigenvalue weighted by atomic mass is 10.1. The van der Waals surface area contributed by atoms with Gasteiger partial charge in [-0.25, -0.2) is 9.78 Å². The zero-order valence-corrected chi connectivity index (χ0v) is 17.2. The summed E-state index contributed by atoms with van der Waals surface area (Å²) in [4.78, 5) is 28.6. The molecular formula is C22H19ClN4O3. The van der Waals surface area contributed by atoms with Crippen molar-refractivity contribution in [1.29, 1.82) is 0 Å². The Morgan fingerprint density at radius 3 is 2.67 bits per heavy atom. The molecule has 2 heterocycles. The van der Waals surface area contributed by atoms with Crippen LogP contribution in [0.3, 0.4) is 0 Å². The smallest absolute Gasteiger partial charge is 0.333 e. The van der Waals surface area contributed by atoms with Gasteiger partial charge >= 0.3 is 5.69 Å². The Hall–Kier alpha value is -3.58. The number of rotatable bonds is 5. The van der Waals surface area contributed by atoms with Crippen LogP contribution in [-0.2, 0) is 18.4 Å². The highest BCUT2D eigenvalue weighted by Gasteiger charge is 2.14. The van der Waals surface area contributed by atoms with Crippen molar-refractivity contribution in [3.05, 3.63) is 82.1 Å². The van der Waals surface area contributed by atoms with Gasteiger partial charge in [-0.05, 0) is 42.0 Å². The van der Waals surface area contributed by atoms with E-state index in [2.05, 4.69) is 10.3 Å². The van der Waals surface area contributed by atoms with E-state index in [-0.39, 0.29) is 18.2 Å². The van der Waals surface area contributed by atoms with Gasteiger partial charge < -0.3 is 14.6 Å². The molecule has 0 atom stereocenters. The molecule has 0 aliphatic heterocycles. The summed E-state index contributed by atoms with van der Waals surface area (Å²) in [6.45, 7) is 1.66. The zero-order chi connectivity index (χ0) is 21.3. The quantitative estimate of drug-likeness (QED) is 0.529. The predicted octanol–water partition coefficient (Wildman–Crippen LogP) is 3.89. The lowest BCUT2D eigenvalue weighted by Gasteiger charge is -2.09. The number of hydrogen-bond donors (Lipinski definition) is 1. The third kappa shape index (κ3) is 4.06. The fourth-order valence-electron chi connectivity index (χ4n) is 3.17. The van der Waals surface area contributed by atoms with E-state index in [1.54, 1.807) is 49.8 Å². The summed E-state index contributed by atoms with van der Waals surface area (Å²) in [6, 6.07) is 14.4. The second kappa shape index (κ2) is 8.04. The number of aryl methyl sites for hydroxylation is 1. The number of hydrogen-bond acceptors (Lipinski definition) is 4. The summed E-state index contributed by atoms with van der Waals surface area (Å²) >= 11 is 5.90. The van der Waals surface area contributed by atoms with Crippen molar-refractivity contribution in [1.82, 2.24) is 14.0 Å². The van der Waals surface area contributed by atoms with Crippen molar-refractivity contribution in [2.24, 2.45) is 7.05 Å². The summed E-state index contributed by atoms with van der Waals surface area (Å²) < 4.78 is 8.76. The first kappa shape index (κ1) is 19.7. The molecule has 30 heavy (non-hydrogen) atoms. The molecule has 1 amide bonds. The Morgan fingerprint density at radius 2 is 1.93 bits per heavy atom. The maximum Gasteiger partial charge on any atom is 0.333 e. The number of carbonyl (C=O) groups is 1. The van der Waals surface area contributed by atoms with Crippen LogP contribution < -0.4 is 15.7 Å². The van der Waals surface area contributed by atoms with Crippen molar-refractivity contribution in [2.75, 3.05) is 5.32 Å². The number of imidazole rings is 1. The van der Waals surface area contributed by atoms with Crippen LogP contribution in [0, 0.1) is 0 Å². The maximum absolute atomic E-state index is 12.6. The van der Waals surface area contributed by atoms with E-state index in [0.717, 1.165) is 11.1 Å². The number of amides is 1. The van der Waals surface area contributed by atoms with Crippen LogP contribution >= 0.6 is 11.6 Å². The van der Waals surface area contributed by atoms with Crippen LogP contribution in [0.1, 0.15) is 12.6 Å². The minimum atomic E-state index is -0.211. The molecule has 2 aromatic heterocycles. The highest BCUT2D eigenvalue weighted by molar-refractivity contribution is 6.30. The lowest BCUT2D eigenvalue weighted by molar-refractivity contribution is -0.114. The first-order chi connectivity index (χ1) is 14.4. The van der Waals surface area contributed by atoms with Gasteiger partial charge in [0.05, 0.1) is 5.69 Å². The Bertz CT molecular complexity index is 1290. The Balaban J connectivity index is 1.72. The largest absolute Gasteiger partial charge is 0.487 e. The van der Waals surface area contributed by atoms with E-state index >= 15 is 0 Å². The highest BCUT2D eigenvalue weighted by atomic mass is 35.5. The van der Waals surface area contributed by atoms with Crippen LogP contribution in [-0.4, -0.2) is 19.9 Å². The molecule has 0 spiro atoms. The first-order valence-corrected chi connectivity index (χ1v) is 9.62. The molecule has 0 bridgehead atoms. The van der Waals surface area contributed by atoms with Crippen LogP contribution in [0.25, 0.3) is 16.8 Å². The molecule has 4 aromatic rings. The molecule has 0 fully saturated rings. The number of fused-ring (bicyclic) bond motifs is 1. The fraction of sp³-hybridized carbons (Fsp3) is 0.136. The van der Waals surface area contributed by atoms with E-state index < -0.39 is 0 Å². The summed E-state index contributed by atoms with van der Waals surface area (Å²) in [5.74, 6) is 0.507. The van der Waals surface area contributed by atoms with Gasteiger partial charge in [-0.15, -0.1) is 0 Å². The molecule has 0 unspecified atom stereocenters. The van der Waals surface area contributed by atoms with E-state index in [4.69, 9.17) is 16.3 Å². The van der Waals surface area contributed by atoms with Crippen LogP contribution in [0.2, 0.25) is 5.02 Å². The Labute approximate surface area is 177 Å². The number of nitrogens with one attached hydrogen (secondary N) is 1. The summed E-state index contributed by atoms with van der Waals surface area (Å²) in [5.41, 5.74) is 3.20. The van der Waals surface area contributed by atoms with Crippen molar-refractivity contribution < 1.29 is 9.53 Å². The third-order valence-electron chi connectivity index (χ3n) is 4.52. The van der Waals surface area contributed by atoms with Gasteiger partial charge in [0.1, 0.15) is 12.4 Å². The molecule has 0 saturated carbocycles. The number of halogens is 1. The fourth-order valence-corrected chi connectivity index (χ4v) is 3.30. The molecule has 152 valence electrons. The Kier molecular flexibility index (Phi) is 5.29. The van der Waals surface area contributed by atoms with E-state index in [1.165, 1.54) is 15.9 Å². The van der Waals surface area contributed by atoms with Crippen LogP contribution in [0.4, 0.5) is 5.69 Å². The average Bonchev–Trinajstić information content (AvgIpc) is 3.14. The molecule has 0 radical (unpaired) electrons. The van der Waals surface area contributed by atoms with Crippen LogP contribution in [0.15, 0.2) is 65.7 Å². The monoisotopic (exact) mass is 422 g/mol. The molecule has 0 aliphatic carbocycles. The number of ether oxygens (including phenoxy) is 1. The van der Waals surface area contributed by atoms with Crippen LogP contribution in [0.5, 0.6) is 5.75 Å². The lowest BCUT2D eigenvalue weighted by Crippen LogP contribution is -2.23. The van der Waals surface area contributed by atoms with Gasteiger partial charge in [0.15, 0.2) is 5.65 Å². The standard InChI is InChI=1S/C22H19ClN4O3/c1-14(28)24-17-5-3-4-15(10-17)20-12-26(2)22(29)27-11-18(25-21(20)27)13-30-19-8-6-16(23)7-9-19/h3-12H,13H2,1-2H3,(H,24,28). The molecule has 8 heteroatoms. The molecule has 0 saturated heterocycles. The van der Waals surface area contributed by atoms with Gasteiger partial charge in [-0.1, -0.05) is 23.7 Å². The van der Waals surface area contributed by atoms with Crippen molar-refractivity contribution in [3.63, 3.8) is 0 Å². The average molecular weight is 423 g/mol. The van der Waals surface area contributed by atoms with Gasteiger partial charge in [-0.2, -0.15) is 0 Å². The van der Waals surface area contributed by atoms with Crippen molar-refractivity contribution in [3.8, 4) is 16.9 Å². The third-order valence-corrected chi connectivity index (χ3v) is 4.77. The summed E-state index contributed by atoms with van der Waals surface area (Å²) in [5, 5.41) is 3.40. The molecule has 4 rings (SSSR count). The minimum absolute atomic E-state index is 0.153.